The molecule has 1 atom stereocenters. The molecule has 0 saturated carbocycles. The first kappa shape index (κ1) is 15.1. The van der Waals surface area contributed by atoms with Gasteiger partial charge in [0.15, 0.2) is 0 Å². The van der Waals surface area contributed by atoms with Gasteiger partial charge in [-0.25, -0.2) is 0 Å². The topological polar surface area (TPSA) is 51.4 Å². The summed E-state index contributed by atoms with van der Waals surface area (Å²) in [6.45, 7) is 5.78. The zero-order valence-corrected chi connectivity index (χ0v) is 13.6. The number of anilines is 2. The summed E-state index contributed by atoms with van der Waals surface area (Å²) >= 11 is 3.52. The number of aromatic nitrogens is 1. The molecule has 0 aliphatic rings. The van der Waals surface area contributed by atoms with Crippen molar-refractivity contribution in [1.29, 1.82) is 0 Å². The minimum absolute atomic E-state index is 0.247. The van der Waals surface area contributed by atoms with E-state index in [1.165, 1.54) is 0 Å². The summed E-state index contributed by atoms with van der Waals surface area (Å²) in [6, 6.07) is 6.30. The molecule has 0 amide bonds. The van der Waals surface area contributed by atoms with Gasteiger partial charge in [-0.15, -0.1) is 0 Å². The van der Waals surface area contributed by atoms with E-state index in [0.29, 0.717) is 12.3 Å². The van der Waals surface area contributed by atoms with E-state index >= 15 is 0 Å². The Morgan fingerprint density at radius 3 is 2.85 bits per heavy atom. The Labute approximate surface area is 128 Å². The molecule has 0 bridgehead atoms. The number of nitrogen functional groups attached to an aromatic ring is 1. The van der Waals surface area contributed by atoms with Gasteiger partial charge < -0.3 is 15.4 Å². The van der Waals surface area contributed by atoms with Crippen LogP contribution in [0.1, 0.15) is 13.8 Å². The van der Waals surface area contributed by atoms with Crippen LogP contribution in [0.5, 0.6) is 0 Å². The maximum Gasteiger partial charge on any atom is 0.0745 e. The van der Waals surface area contributed by atoms with Gasteiger partial charge in [0.05, 0.1) is 29.7 Å². The average molecular weight is 338 g/mol. The van der Waals surface area contributed by atoms with Crippen molar-refractivity contribution in [2.45, 2.75) is 19.9 Å². The molecule has 1 heterocycles. The highest BCUT2D eigenvalue weighted by molar-refractivity contribution is 9.10. The van der Waals surface area contributed by atoms with Crippen molar-refractivity contribution in [2.75, 3.05) is 30.9 Å². The van der Waals surface area contributed by atoms with Crippen molar-refractivity contribution in [3.63, 3.8) is 0 Å². The first-order chi connectivity index (χ1) is 9.58. The van der Waals surface area contributed by atoms with Gasteiger partial charge >= 0.3 is 0 Å². The zero-order chi connectivity index (χ0) is 14.7. The fourth-order valence-corrected chi connectivity index (χ4v) is 2.87. The molecule has 0 aliphatic heterocycles. The molecular formula is C15H20BrN3O. The normalized spacial score (nSPS) is 12.6. The van der Waals surface area contributed by atoms with E-state index in [2.05, 4.69) is 45.7 Å². The number of nitrogens with two attached hydrogens (primary N) is 1. The lowest BCUT2D eigenvalue weighted by Gasteiger charge is -2.31. The number of nitrogens with zero attached hydrogens (tertiary/aromatic N) is 2. The molecule has 0 saturated heterocycles. The number of ether oxygens (including phenoxy) is 1. The number of benzene rings is 1. The molecule has 5 heteroatoms. The summed E-state index contributed by atoms with van der Waals surface area (Å²) in [7, 11) is 1.72. The van der Waals surface area contributed by atoms with Crippen molar-refractivity contribution in [3.05, 3.63) is 28.9 Å². The molecular weight excluding hydrogens is 318 g/mol. The number of pyridine rings is 1. The molecule has 2 N–H and O–H groups in total. The lowest BCUT2D eigenvalue weighted by Crippen LogP contribution is -2.36. The highest BCUT2D eigenvalue weighted by Crippen LogP contribution is 2.34. The smallest absolute Gasteiger partial charge is 0.0745 e. The van der Waals surface area contributed by atoms with Crippen molar-refractivity contribution >= 4 is 38.2 Å². The molecule has 108 valence electrons. The summed E-state index contributed by atoms with van der Waals surface area (Å²) < 4.78 is 6.30. The number of rotatable bonds is 5. The highest BCUT2D eigenvalue weighted by Gasteiger charge is 2.18. The Hall–Kier alpha value is -1.33. The summed E-state index contributed by atoms with van der Waals surface area (Å²) in [4.78, 5) is 6.66. The Kier molecular flexibility index (Phi) is 4.83. The van der Waals surface area contributed by atoms with Crippen molar-refractivity contribution in [1.82, 2.24) is 4.98 Å². The van der Waals surface area contributed by atoms with Gasteiger partial charge in [-0.3, -0.25) is 4.98 Å². The van der Waals surface area contributed by atoms with Crippen molar-refractivity contribution in [3.8, 4) is 0 Å². The zero-order valence-electron chi connectivity index (χ0n) is 12.1. The van der Waals surface area contributed by atoms with E-state index in [0.717, 1.165) is 27.6 Å². The predicted molar refractivity (Wildman–Crippen MR) is 88.2 cm³/mol. The number of methoxy groups -OCH3 is 1. The van der Waals surface area contributed by atoms with Gasteiger partial charge in [-0.1, -0.05) is 15.9 Å². The second-order valence-corrected chi connectivity index (χ2v) is 5.73. The second kappa shape index (κ2) is 6.41. The highest BCUT2D eigenvalue weighted by atomic mass is 79.9. The Morgan fingerprint density at radius 2 is 2.20 bits per heavy atom. The number of hydrogen-bond donors (Lipinski definition) is 1. The summed E-state index contributed by atoms with van der Waals surface area (Å²) in [5.41, 5.74) is 8.86. The van der Waals surface area contributed by atoms with Crippen LogP contribution in [0.2, 0.25) is 0 Å². The van der Waals surface area contributed by atoms with Crippen LogP contribution in [0.3, 0.4) is 0 Å². The monoisotopic (exact) mass is 337 g/mol. The number of likely N-dealkylation sites (N-methyl/N-ethyl adjacent to an activating group) is 1. The maximum atomic E-state index is 6.19. The Balaban J connectivity index is 2.60. The third-order valence-corrected chi connectivity index (χ3v) is 3.89. The second-order valence-electron chi connectivity index (χ2n) is 4.81. The SMILES string of the molecule is CCN(c1c(N)cnc2ccc(Br)cc12)C(C)COC. The standard InChI is InChI=1S/C15H20BrN3O/c1-4-19(10(2)9-20-3)15-12-7-11(16)5-6-14(12)18-8-13(15)17/h5-8,10H,4,9,17H2,1-3H3. The van der Waals surface area contributed by atoms with E-state index in [9.17, 15) is 0 Å². The lowest BCUT2D eigenvalue weighted by molar-refractivity contribution is 0.182. The first-order valence-electron chi connectivity index (χ1n) is 6.67. The van der Waals surface area contributed by atoms with Crippen molar-refractivity contribution in [2.24, 2.45) is 0 Å². The third-order valence-electron chi connectivity index (χ3n) is 3.40. The molecule has 0 spiro atoms. The van der Waals surface area contributed by atoms with Crippen LogP contribution in [0.25, 0.3) is 10.9 Å². The minimum Gasteiger partial charge on any atom is -0.396 e. The molecule has 0 aliphatic carbocycles. The molecule has 1 unspecified atom stereocenters. The van der Waals surface area contributed by atoms with Crippen LogP contribution >= 0.6 is 15.9 Å². The van der Waals surface area contributed by atoms with Crippen molar-refractivity contribution < 1.29 is 4.74 Å². The molecule has 1 aromatic carbocycles. The quantitative estimate of drug-likeness (QED) is 0.907. The first-order valence-corrected chi connectivity index (χ1v) is 7.47. The van der Waals surface area contributed by atoms with Crippen LogP contribution in [0, 0.1) is 0 Å². The molecule has 2 rings (SSSR count). The van der Waals surface area contributed by atoms with E-state index in [1.807, 2.05) is 12.1 Å². The lowest BCUT2D eigenvalue weighted by atomic mass is 10.1. The molecule has 4 nitrogen and oxygen atoms in total. The van der Waals surface area contributed by atoms with Crippen LogP contribution in [0.4, 0.5) is 11.4 Å². The predicted octanol–water partition coefficient (Wildman–Crippen LogP) is 3.44. The maximum absolute atomic E-state index is 6.19. The van der Waals surface area contributed by atoms with Gasteiger partial charge in [-0.05, 0) is 32.0 Å². The van der Waals surface area contributed by atoms with Crippen LogP contribution < -0.4 is 10.6 Å². The van der Waals surface area contributed by atoms with Gasteiger partial charge in [0.25, 0.3) is 0 Å². The molecule has 0 fully saturated rings. The van der Waals surface area contributed by atoms with Gasteiger partial charge in [0.2, 0.25) is 0 Å². The number of hydrogen-bond acceptors (Lipinski definition) is 4. The fraction of sp³-hybridized carbons (Fsp3) is 0.400. The number of fused-ring (bicyclic) bond motifs is 1. The molecule has 2 aromatic rings. The van der Waals surface area contributed by atoms with Gasteiger partial charge in [-0.2, -0.15) is 0 Å². The molecule has 0 radical (unpaired) electrons. The Bertz CT molecular complexity index is 598. The van der Waals surface area contributed by atoms with Gasteiger partial charge in [0.1, 0.15) is 0 Å². The Morgan fingerprint density at radius 1 is 1.45 bits per heavy atom. The van der Waals surface area contributed by atoms with E-state index in [-0.39, 0.29) is 6.04 Å². The van der Waals surface area contributed by atoms with Crippen LogP contribution in [-0.4, -0.2) is 31.3 Å². The summed E-state index contributed by atoms with van der Waals surface area (Å²) in [6.07, 6.45) is 1.73. The largest absolute Gasteiger partial charge is 0.396 e. The molecule has 20 heavy (non-hydrogen) atoms. The van der Waals surface area contributed by atoms with E-state index < -0.39 is 0 Å². The average Bonchev–Trinajstić information content (AvgIpc) is 2.42. The van der Waals surface area contributed by atoms with Crippen LogP contribution in [0.15, 0.2) is 28.9 Å². The van der Waals surface area contributed by atoms with Gasteiger partial charge in [0, 0.05) is 29.6 Å². The number of halogens is 1. The summed E-state index contributed by atoms with van der Waals surface area (Å²) in [5.74, 6) is 0. The summed E-state index contributed by atoms with van der Waals surface area (Å²) in [5, 5.41) is 1.06. The van der Waals surface area contributed by atoms with E-state index in [1.54, 1.807) is 13.3 Å². The third kappa shape index (κ3) is 2.88. The minimum atomic E-state index is 0.247. The molecule has 1 aromatic heterocycles. The van der Waals surface area contributed by atoms with E-state index in [4.69, 9.17) is 10.5 Å². The van der Waals surface area contributed by atoms with Crippen LogP contribution in [-0.2, 0) is 4.74 Å². The fourth-order valence-electron chi connectivity index (χ4n) is 2.51.